The molecule has 1 N–H and O–H groups in total. The van der Waals surface area contributed by atoms with E-state index in [-0.39, 0.29) is 12.6 Å². The van der Waals surface area contributed by atoms with Gasteiger partial charge in [-0.3, -0.25) is 4.90 Å². The summed E-state index contributed by atoms with van der Waals surface area (Å²) in [6.45, 7) is 13.1. The van der Waals surface area contributed by atoms with E-state index in [2.05, 4.69) is 25.6 Å². The van der Waals surface area contributed by atoms with Gasteiger partial charge >= 0.3 is 12.2 Å². The zero-order chi connectivity index (χ0) is 25.3. The maximum Gasteiger partial charge on any atom is 0.415 e. The number of furan rings is 1. The topological polar surface area (TPSA) is 93.9 Å². The van der Waals surface area contributed by atoms with Crippen LogP contribution < -0.4 is 10.2 Å². The van der Waals surface area contributed by atoms with E-state index in [1.165, 1.54) is 22.9 Å². The number of anilines is 1. The molecule has 0 aliphatic carbocycles. The number of hydrogen-bond acceptors (Lipinski definition) is 8. The number of fused-ring (bicyclic) bond motifs is 1. The monoisotopic (exact) mass is 571 g/mol. The summed E-state index contributed by atoms with van der Waals surface area (Å²) in [5.74, 6) is 0.637. The maximum atomic E-state index is 13.1. The normalized spacial score (nSPS) is 13.1. The molecule has 0 aliphatic rings. The average Bonchev–Trinajstić information content (AvgIpc) is 3.36. The van der Waals surface area contributed by atoms with Gasteiger partial charge in [-0.15, -0.1) is 11.3 Å². The second-order valence-corrected chi connectivity index (χ2v) is 12.6. The fourth-order valence-electron chi connectivity index (χ4n) is 3.04. The molecule has 8 nitrogen and oxygen atoms in total. The fraction of sp³-hybridized carbons (Fsp3) is 0.522. The number of aromatic nitrogens is 1. The van der Waals surface area contributed by atoms with Crippen LogP contribution >= 0.6 is 38.8 Å². The summed E-state index contributed by atoms with van der Waals surface area (Å²) < 4.78 is 22.8. The molecule has 3 heterocycles. The Hall–Kier alpha value is -2.11. The van der Waals surface area contributed by atoms with E-state index in [4.69, 9.17) is 13.9 Å². The van der Waals surface area contributed by atoms with E-state index in [0.717, 1.165) is 19.6 Å². The Balaban J connectivity index is 1.86. The predicted octanol–water partition coefficient (Wildman–Crippen LogP) is 7.11. The van der Waals surface area contributed by atoms with Crippen molar-refractivity contribution in [3.8, 4) is 0 Å². The minimum Gasteiger partial charge on any atom is -0.467 e. The molecule has 0 radical (unpaired) electrons. The molecule has 0 saturated carbocycles. The number of nitrogens with zero attached hydrogens (tertiary/aromatic N) is 2. The van der Waals surface area contributed by atoms with E-state index in [0.29, 0.717) is 17.2 Å². The van der Waals surface area contributed by atoms with Crippen molar-refractivity contribution in [1.82, 2.24) is 9.69 Å². The van der Waals surface area contributed by atoms with E-state index < -0.39 is 23.4 Å². The van der Waals surface area contributed by atoms with Crippen LogP contribution in [0.2, 0.25) is 0 Å². The van der Waals surface area contributed by atoms with Gasteiger partial charge in [0.25, 0.3) is 0 Å². The average molecular weight is 573 g/mol. The van der Waals surface area contributed by atoms with Crippen LogP contribution in [-0.4, -0.2) is 33.8 Å². The first-order valence-corrected chi connectivity index (χ1v) is 13.2. The van der Waals surface area contributed by atoms with Crippen molar-refractivity contribution in [3.05, 3.63) is 33.5 Å². The third kappa shape index (κ3) is 6.96. The zero-order valence-corrected chi connectivity index (χ0v) is 23.6. The molecule has 0 unspecified atom stereocenters. The fourth-order valence-corrected chi connectivity index (χ4v) is 6.26. The Morgan fingerprint density at radius 1 is 1.21 bits per heavy atom. The van der Waals surface area contributed by atoms with Crippen LogP contribution in [0, 0.1) is 0 Å². The van der Waals surface area contributed by atoms with Crippen molar-refractivity contribution in [1.29, 1.82) is 0 Å². The highest BCUT2D eigenvalue weighted by Crippen LogP contribution is 2.44. The number of hydrogen-bond donors (Lipinski definition) is 1. The molecule has 0 saturated heterocycles. The third-order valence-electron chi connectivity index (χ3n) is 4.32. The summed E-state index contributed by atoms with van der Waals surface area (Å²) in [6.07, 6.45) is 1.22. The van der Waals surface area contributed by atoms with Crippen molar-refractivity contribution in [2.45, 2.75) is 78.7 Å². The molecule has 3 rings (SSSR count). The van der Waals surface area contributed by atoms with Gasteiger partial charge in [-0.05, 0) is 88.1 Å². The standard InChI is InChI=1S/C23H30BrN3O5S2/c1-13(25-20(28)31-22(2,3)4)11-15-16(24)17-18(33-15)19(34-26-17)27(12-14-9-8-10-30-14)21(29)32-23(5,6)7/h8-10,13H,11-12H2,1-7H3,(H,25,28)/t13-/m0/s1. The van der Waals surface area contributed by atoms with Gasteiger partial charge in [0, 0.05) is 17.3 Å². The lowest BCUT2D eigenvalue weighted by Gasteiger charge is -2.25. The molecule has 0 fully saturated rings. The van der Waals surface area contributed by atoms with E-state index in [1.54, 1.807) is 17.2 Å². The minimum atomic E-state index is -0.647. The first-order chi connectivity index (χ1) is 15.7. The Labute approximate surface area is 215 Å². The van der Waals surface area contributed by atoms with Crippen molar-refractivity contribution in [2.75, 3.05) is 4.90 Å². The second-order valence-electron chi connectivity index (χ2n) is 9.90. The van der Waals surface area contributed by atoms with E-state index >= 15 is 0 Å². The third-order valence-corrected chi connectivity index (χ3v) is 7.64. The summed E-state index contributed by atoms with van der Waals surface area (Å²) in [6, 6.07) is 3.44. The lowest BCUT2D eigenvalue weighted by molar-refractivity contribution is 0.0507. The molecular weight excluding hydrogens is 542 g/mol. The second kappa shape index (κ2) is 10.2. The summed E-state index contributed by atoms with van der Waals surface area (Å²) in [5, 5.41) is 3.56. The molecule has 186 valence electrons. The highest BCUT2D eigenvalue weighted by Gasteiger charge is 2.29. The lowest BCUT2D eigenvalue weighted by atomic mass is 10.2. The Bertz CT molecular complexity index is 1140. The lowest BCUT2D eigenvalue weighted by Crippen LogP contribution is -2.38. The molecule has 3 aromatic rings. The van der Waals surface area contributed by atoms with Crippen LogP contribution in [0.5, 0.6) is 0 Å². The number of ether oxygens (including phenoxy) is 2. The first-order valence-electron chi connectivity index (χ1n) is 10.8. The molecular formula is C23H30BrN3O5S2. The van der Waals surface area contributed by atoms with Gasteiger partial charge < -0.3 is 19.2 Å². The highest BCUT2D eigenvalue weighted by atomic mass is 79.9. The largest absolute Gasteiger partial charge is 0.467 e. The smallest absolute Gasteiger partial charge is 0.415 e. The molecule has 1 atom stereocenters. The number of amides is 2. The summed E-state index contributed by atoms with van der Waals surface area (Å²) >= 11 is 6.43. The van der Waals surface area contributed by atoms with Crippen LogP contribution in [0.15, 0.2) is 27.3 Å². The van der Waals surface area contributed by atoms with Crippen LogP contribution in [0.3, 0.4) is 0 Å². The highest BCUT2D eigenvalue weighted by molar-refractivity contribution is 9.10. The molecule has 0 aliphatic heterocycles. The summed E-state index contributed by atoms with van der Waals surface area (Å²) in [4.78, 5) is 27.8. The molecule has 11 heteroatoms. The van der Waals surface area contributed by atoms with Crippen LogP contribution in [0.1, 0.15) is 59.1 Å². The number of nitrogens with one attached hydrogen (secondary N) is 1. The Kier molecular flexibility index (Phi) is 7.99. The van der Waals surface area contributed by atoms with Gasteiger partial charge in [-0.1, -0.05) is 0 Å². The van der Waals surface area contributed by atoms with E-state index in [9.17, 15) is 9.59 Å². The van der Waals surface area contributed by atoms with Gasteiger partial charge in [0.1, 0.15) is 27.5 Å². The SMILES string of the molecule is C[C@@H](Cc1sc2c(N(Cc3ccco3)C(=O)OC(C)(C)C)snc2c1Br)NC(=O)OC(C)(C)C. The Morgan fingerprint density at radius 3 is 2.47 bits per heavy atom. The maximum absolute atomic E-state index is 13.1. The van der Waals surface area contributed by atoms with Gasteiger partial charge in [0.15, 0.2) is 0 Å². The van der Waals surface area contributed by atoms with Crippen molar-refractivity contribution in [2.24, 2.45) is 0 Å². The molecule has 2 amide bonds. The van der Waals surface area contributed by atoms with E-state index in [1.807, 2.05) is 54.5 Å². The molecule has 3 aromatic heterocycles. The van der Waals surface area contributed by atoms with Gasteiger partial charge in [0.05, 0.1) is 22.0 Å². The van der Waals surface area contributed by atoms with Crippen molar-refractivity contribution >= 4 is 66.2 Å². The van der Waals surface area contributed by atoms with Crippen molar-refractivity contribution in [3.63, 3.8) is 0 Å². The van der Waals surface area contributed by atoms with Gasteiger partial charge in [-0.2, -0.15) is 4.37 Å². The number of thiophene rings is 1. The molecule has 0 spiro atoms. The van der Waals surface area contributed by atoms with Gasteiger partial charge in [-0.25, -0.2) is 9.59 Å². The van der Waals surface area contributed by atoms with Crippen LogP contribution in [0.4, 0.5) is 14.6 Å². The number of rotatable bonds is 6. The van der Waals surface area contributed by atoms with Gasteiger partial charge in [0.2, 0.25) is 0 Å². The number of alkyl carbamates (subject to hydrolysis) is 1. The summed E-state index contributed by atoms with van der Waals surface area (Å²) in [5.41, 5.74) is -0.433. The van der Waals surface area contributed by atoms with Crippen LogP contribution in [0.25, 0.3) is 10.2 Å². The number of halogens is 1. The quantitative estimate of drug-likeness (QED) is 0.338. The molecule has 34 heavy (non-hydrogen) atoms. The Morgan fingerprint density at radius 2 is 1.88 bits per heavy atom. The summed E-state index contributed by atoms with van der Waals surface area (Å²) in [7, 11) is 0. The first kappa shape index (κ1) is 26.5. The molecule has 0 bridgehead atoms. The minimum absolute atomic E-state index is 0.161. The number of carbonyl (C=O) groups excluding carboxylic acids is 2. The van der Waals surface area contributed by atoms with Crippen molar-refractivity contribution < 1.29 is 23.5 Å². The zero-order valence-electron chi connectivity index (χ0n) is 20.4. The number of carbonyl (C=O) groups is 2. The molecule has 0 aromatic carbocycles. The van der Waals surface area contributed by atoms with Crippen LogP contribution in [-0.2, 0) is 22.4 Å². The predicted molar refractivity (Wildman–Crippen MR) is 139 cm³/mol.